The van der Waals surface area contributed by atoms with Gasteiger partial charge in [0.1, 0.15) is 6.04 Å². The van der Waals surface area contributed by atoms with E-state index in [-0.39, 0.29) is 11.9 Å². The van der Waals surface area contributed by atoms with Gasteiger partial charge in [-0.3, -0.25) is 14.2 Å². The molecule has 0 aliphatic carbocycles. The molecule has 1 amide bonds. The van der Waals surface area contributed by atoms with E-state index in [0.29, 0.717) is 5.02 Å². The number of carbonyl (C=O) groups is 1. The van der Waals surface area contributed by atoms with Gasteiger partial charge in [0, 0.05) is 24.0 Å². The molecule has 114 valence electrons. The van der Waals surface area contributed by atoms with Gasteiger partial charge in [0.2, 0.25) is 5.91 Å². The number of hydrogen-bond donors (Lipinski definition) is 1. The van der Waals surface area contributed by atoms with Crippen LogP contribution in [0.2, 0.25) is 5.02 Å². The fourth-order valence-electron chi connectivity index (χ4n) is 2.26. The van der Waals surface area contributed by atoms with Gasteiger partial charge in [-0.25, -0.2) is 0 Å². The minimum absolute atomic E-state index is 0.105. The van der Waals surface area contributed by atoms with Crippen LogP contribution in [0.3, 0.4) is 0 Å². The van der Waals surface area contributed by atoms with Gasteiger partial charge < -0.3 is 5.32 Å². The normalized spacial score (nSPS) is 14.0. The highest BCUT2D eigenvalue weighted by Crippen LogP contribution is 2.18. The highest BCUT2D eigenvalue weighted by atomic mass is 35.5. The van der Waals surface area contributed by atoms with Crippen molar-refractivity contribution >= 4 is 17.5 Å². The Labute approximate surface area is 129 Å². The third-order valence-corrected chi connectivity index (χ3v) is 3.81. The molecule has 0 aliphatic rings. The topological polar surface area (TPSA) is 64.7 Å². The van der Waals surface area contributed by atoms with Crippen molar-refractivity contribution < 1.29 is 4.79 Å². The molecule has 2 aromatic rings. The molecule has 7 heteroatoms. The number of halogens is 1. The predicted octanol–water partition coefficient (Wildman–Crippen LogP) is 2.50. The standard InChI is InChI=1S/C14H20ClN5O/c1-5-19-10(3)13(7-17-19)9(2)18-14(21)11(4)20-8-12(15)6-16-20/h6-9,11H,5H2,1-4H3,(H,18,21). The predicted molar refractivity (Wildman–Crippen MR) is 81.1 cm³/mol. The second-order valence-corrected chi connectivity index (χ2v) is 5.48. The summed E-state index contributed by atoms with van der Waals surface area (Å²) in [4.78, 5) is 12.3. The fraction of sp³-hybridized carbons (Fsp3) is 0.500. The average Bonchev–Trinajstić information content (AvgIpc) is 3.03. The van der Waals surface area contributed by atoms with Crippen molar-refractivity contribution in [2.24, 2.45) is 0 Å². The molecule has 0 radical (unpaired) electrons. The molecule has 0 aromatic carbocycles. The van der Waals surface area contributed by atoms with Crippen LogP contribution in [-0.2, 0) is 11.3 Å². The number of nitrogens with one attached hydrogen (secondary N) is 1. The van der Waals surface area contributed by atoms with Crippen molar-refractivity contribution in [2.75, 3.05) is 0 Å². The molecule has 1 N–H and O–H groups in total. The molecule has 21 heavy (non-hydrogen) atoms. The van der Waals surface area contributed by atoms with Crippen molar-refractivity contribution in [3.63, 3.8) is 0 Å². The number of aromatic nitrogens is 4. The van der Waals surface area contributed by atoms with Gasteiger partial charge >= 0.3 is 0 Å². The molecule has 0 saturated carbocycles. The first-order valence-corrected chi connectivity index (χ1v) is 7.34. The van der Waals surface area contributed by atoms with Gasteiger partial charge in [0.25, 0.3) is 0 Å². The molecule has 0 bridgehead atoms. The summed E-state index contributed by atoms with van der Waals surface area (Å²) in [5, 5.41) is 11.9. The van der Waals surface area contributed by atoms with Crippen LogP contribution in [0.1, 0.15) is 44.1 Å². The van der Waals surface area contributed by atoms with Crippen LogP contribution in [0.5, 0.6) is 0 Å². The van der Waals surface area contributed by atoms with Crippen LogP contribution < -0.4 is 5.32 Å². The molecule has 0 spiro atoms. The van der Waals surface area contributed by atoms with Crippen molar-refractivity contribution in [3.8, 4) is 0 Å². The maximum atomic E-state index is 12.3. The zero-order valence-corrected chi connectivity index (χ0v) is 13.4. The molecule has 2 unspecified atom stereocenters. The summed E-state index contributed by atoms with van der Waals surface area (Å²) in [6.07, 6.45) is 4.96. The van der Waals surface area contributed by atoms with Crippen LogP contribution in [0.4, 0.5) is 0 Å². The van der Waals surface area contributed by atoms with Crippen LogP contribution in [0, 0.1) is 6.92 Å². The van der Waals surface area contributed by atoms with E-state index in [4.69, 9.17) is 11.6 Å². The van der Waals surface area contributed by atoms with E-state index >= 15 is 0 Å². The number of hydrogen-bond acceptors (Lipinski definition) is 3. The highest BCUT2D eigenvalue weighted by Gasteiger charge is 2.20. The SMILES string of the molecule is CCn1ncc(C(C)NC(=O)C(C)n2cc(Cl)cn2)c1C. The lowest BCUT2D eigenvalue weighted by atomic mass is 10.1. The minimum atomic E-state index is -0.415. The number of amides is 1. The highest BCUT2D eigenvalue weighted by molar-refractivity contribution is 6.30. The smallest absolute Gasteiger partial charge is 0.245 e. The molecule has 2 rings (SSSR count). The van der Waals surface area contributed by atoms with E-state index in [1.165, 1.54) is 6.20 Å². The van der Waals surface area contributed by atoms with Crippen LogP contribution in [0.25, 0.3) is 0 Å². The average molecular weight is 310 g/mol. The first kappa shape index (κ1) is 15.6. The lowest BCUT2D eigenvalue weighted by Gasteiger charge is -2.18. The van der Waals surface area contributed by atoms with Gasteiger partial charge in [0.05, 0.1) is 23.5 Å². The Balaban J connectivity index is 2.06. The third-order valence-electron chi connectivity index (χ3n) is 3.61. The summed E-state index contributed by atoms with van der Waals surface area (Å²) in [5.74, 6) is -0.106. The van der Waals surface area contributed by atoms with Crippen molar-refractivity contribution in [1.82, 2.24) is 24.9 Å². The van der Waals surface area contributed by atoms with E-state index in [9.17, 15) is 4.79 Å². The zero-order chi connectivity index (χ0) is 15.6. The fourth-order valence-corrected chi connectivity index (χ4v) is 2.41. The Morgan fingerprint density at radius 2 is 2.10 bits per heavy atom. The Morgan fingerprint density at radius 1 is 1.38 bits per heavy atom. The van der Waals surface area contributed by atoms with Crippen LogP contribution >= 0.6 is 11.6 Å². The second kappa shape index (κ2) is 6.30. The maximum Gasteiger partial charge on any atom is 0.245 e. The lowest BCUT2D eigenvalue weighted by Crippen LogP contribution is -2.33. The number of carbonyl (C=O) groups excluding carboxylic acids is 1. The monoisotopic (exact) mass is 309 g/mol. The van der Waals surface area contributed by atoms with E-state index in [1.54, 1.807) is 24.0 Å². The molecular formula is C14H20ClN5O. The minimum Gasteiger partial charge on any atom is -0.348 e. The molecule has 0 saturated heterocycles. The molecule has 2 atom stereocenters. The summed E-state index contributed by atoms with van der Waals surface area (Å²) < 4.78 is 3.46. The van der Waals surface area contributed by atoms with Gasteiger partial charge in [-0.15, -0.1) is 0 Å². The number of aryl methyl sites for hydroxylation is 1. The number of rotatable bonds is 5. The quantitative estimate of drug-likeness (QED) is 0.923. The first-order valence-electron chi connectivity index (χ1n) is 6.96. The third kappa shape index (κ3) is 3.26. The molecule has 0 aliphatic heterocycles. The summed E-state index contributed by atoms with van der Waals surface area (Å²) in [6.45, 7) is 8.59. The van der Waals surface area contributed by atoms with Crippen molar-refractivity contribution in [2.45, 2.75) is 46.3 Å². The van der Waals surface area contributed by atoms with Crippen LogP contribution in [-0.4, -0.2) is 25.5 Å². The van der Waals surface area contributed by atoms with Gasteiger partial charge in [-0.1, -0.05) is 11.6 Å². The summed E-state index contributed by atoms with van der Waals surface area (Å²) in [5.41, 5.74) is 2.09. The number of nitrogens with zero attached hydrogens (tertiary/aromatic N) is 4. The summed E-state index contributed by atoms with van der Waals surface area (Å²) >= 11 is 5.82. The maximum absolute atomic E-state index is 12.3. The largest absolute Gasteiger partial charge is 0.348 e. The molecule has 2 heterocycles. The Kier molecular flexibility index (Phi) is 4.67. The van der Waals surface area contributed by atoms with E-state index in [0.717, 1.165) is 17.8 Å². The Morgan fingerprint density at radius 3 is 2.62 bits per heavy atom. The lowest BCUT2D eigenvalue weighted by molar-refractivity contribution is -0.124. The van der Waals surface area contributed by atoms with E-state index in [1.807, 2.05) is 25.5 Å². The van der Waals surface area contributed by atoms with E-state index in [2.05, 4.69) is 15.5 Å². The van der Waals surface area contributed by atoms with Crippen molar-refractivity contribution in [3.05, 3.63) is 34.9 Å². The Bertz CT molecular complexity index is 633. The molecule has 0 fully saturated rings. The van der Waals surface area contributed by atoms with Gasteiger partial charge in [-0.05, 0) is 27.7 Å². The van der Waals surface area contributed by atoms with Gasteiger partial charge in [0.15, 0.2) is 0 Å². The molecule has 2 aromatic heterocycles. The Hall–Kier alpha value is -1.82. The second-order valence-electron chi connectivity index (χ2n) is 5.05. The molecule has 6 nitrogen and oxygen atoms in total. The molecular weight excluding hydrogens is 290 g/mol. The van der Waals surface area contributed by atoms with Crippen molar-refractivity contribution in [1.29, 1.82) is 0 Å². The van der Waals surface area contributed by atoms with Crippen LogP contribution in [0.15, 0.2) is 18.6 Å². The van der Waals surface area contributed by atoms with E-state index < -0.39 is 6.04 Å². The first-order chi connectivity index (χ1) is 9.93. The summed E-state index contributed by atoms with van der Waals surface area (Å²) in [6, 6.07) is -0.521. The zero-order valence-electron chi connectivity index (χ0n) is 12.7. The van der Waals surface area contributed by atoms with Gasteiger partial charge in [-0.2, -0.15) is 10.2 Å². The summed E-state index contributed by atoms with van der Waals surface area (Å²) in [7, 11) is 0.